The molecule has 0 aliphatic rings. The molecule has 14 nitrogen and oxygen atoms in total. The number of carbonyl (C=O) groups is 4. The second-order valence-corrected chi connectivity index (χ2v) is 32.8. The van der Waals surface area contributed by atoms with Crippen molar-refractivity contribution in [1.82, 2.24) is 0 Å². The standard InChI is InChI=1S/2C46H78O7S.Ca/c2*1-3-5-7-9-11-13-15-17-19-21-23-25-27-29-31-33-35-39-52-45(47)43-38-37-42(54(49,50)51)41-44(43)46(48)53-40-36-34-32-30-28-26-24-22-20-18-16-14-12-10-8-6-4-2;/h2*7-10,37-38,41H,3-6,11-36,39-40H2,1-2H3,(H,49,50,51);/q;;+2/p-2/b2*9-7+,10-8+;. The van der Waals surface area contributed by atoms with E-state index in [4.69, 9.17) is 18.9 Å². The number of benzene rings is 2. The van der Waals surface area contributed by atoms with Crippen LogP contribution in [0.1, 0.15) is 454 Å². The average Bonchev–Trinajstić information content (AvgIpc) is 0.815. The topological polar surface area (TPSA) is 220 Å². The average molecular weight is 1590 g/mol. The Bertz CT molecular complexity index is 2670. The van der Waals surface area contributed by atoms with E-state index >= 15 is 0 Å². The van der Waals surface area contributed by atoms with Crippen LogP contribution in [0.3, 0.4) is 0 Å². The molecular formula is C92H154CaO14S2. The number of allylic oxidation sites excluding steroid dienone is 8. The number of rotatable bonds is 74. The first-order valence-electron chi connectivity index (χ1n) is 44.1. The normalized spacial score (nSPS) is 11.8. The predicted octanol–water partition coefficient (Wildman–Crippen LogP) is 27.1. The molecule has 2 aromatic rings. The van der Waals surface area contributed by atoms with Crippen LogP contribution < -0.4 is 0 Å². The second-order valence-electron chi connectivity index (χ2n) is 30.0. The summed E-state index contributed by atoms with van der Waals surface area (Å²) in [5.74, 6) is -3.09. The first-order chi connectivity index (χ1) is 52.6. The zero-order valence-corrected chi connectivity index (χ0v) is 73.4. The van der Waals surface area contributed by atoms with Gasteiger partial charge in [-0.15, -0.1) is 0 Å². The maximum absolute atomic E-state index is 12.9. The van der Waals surface area contributed by atoms with Gasteiger partial charge in [-0.2, -0.15) is 0 Å². The molecule has 0 aliphatic carbocycles. The molecule has 109 heavy (non-hydrogen) atoms. The van der Waals surface area contributed by atoms with Crippen molar-refractivity contribution in [2.75, 3.05) is 26.4 Å². The number of unbranched alkanes of at least 4 members (excludes halogenated alkanes) is 52. The molecule has 2 aromatic carbocycles. The largest absolute Gasteiger partial charge is 2.00 e. The van der Waals surface area contributed by atoms with Gasteiger partial charge in [-0.3, -0.25) is 0 Å². The molecule has 0 N–H and O–H groups in total. The monoisotopic (exact) mass is 1590 g/mol. The number of hydrogen-bond donors (Lipinski definition) is 0. The summed E-state index contributed by atoms with van der Waals surface area (Å²) in [6.45, 7) is 9.59. The summed E-state index contributed by atoms with van der Waals surface area (Å²) < 4.78 is 91.6. The molecule has 0 unspecified atom stereocenters. The van der Waals surface area contributed by atoms with Gasteiger partial charge in [0, 0.05) is 0 Å². The quantitative estimate of drug-likeness (QED) is 0.0150. The summed E-state index contributed by atoms with van der Waals surface area (Å²) in [7, 11) is -9.63. The molecule has 0 aliphatic heterocycles. The van der Waals surface area contributed by atoms with E-state index in [0.717, 1.165) is 101 Å². The van der Waals surface area contributed by atoms with E-state index in [0.29, 0.717) is 25.7 Å². The van der Waals surface area contributed by atoms with Gasteiger partial charge in [0.05, 0.1) is 58.5 Å². The first-order valence-corrected chi connectivity index (χ1v) is 46.9. The molecule has 0 spiro atoms. The van der Waals surface area contributed by atoms with Crippen LogP contribution in [-0.4, -0.2) is 114 Å². The Labute approximate surface area is 696 Å². The Hall–Kier alpha value is -3.64. The Kier molecular flexibility index (Phi) is 74.4. The molecule has 0 fully saturated rings. The van der Waals surface area contributed by atoms with Gasteiger partial charge in [-0.1, -0.05) is 359 Å². The van der Waals surface area contributed by atoms with E-state index in [-0.39, 0.29) is 86.4 Å². The van der Waals surface area contributed by atoms with Crippen molar-refractivity contribution in [1.29, 1.82) is 0 Å². The molecule has 0 saturated heterocycles. The Morgan fingerprint density at radius 1 is 0.248 bits per heavy atom. The molecule has 17 heteroatoms. The van der Waals surface area contributed by atoms with Crippen LogP contribution in [0.25, 0.3) is 0 Å². The summed E-state index contributed by atoms with van der Waals surface area (Å²) in [6.07, 6.45) is 90.0. The van der Waals surface area contributed by atoms with Crippen LogP contribution in [0.15, 0.2) is 94.8 Å². The molecule has 0 saturated carbocycles. The summed E-state index contributed by atoms with van der Waals surface area (Å²) in [6, 6.07) is 6.28. The number of ether oxygens (including phenoxy) is 4. The van der Waals surface area contributed by atoms with E-state index in [1.54, 1.807) is 0 Å². The van der Waals surface area contributed by atoms with Gasteiger partial charge < -0.3 is 28.1 Å². The number of esters is 4. The van der Waals surface area contributed by atoms with Gasteiger partial charge >= 0.3 is 61.6 Å². The van der Waals surface area contributed by atoms with Crippen molar-refractivity contribution in [2.45, 2.75) is 423 Å². The minimum Gasteiger partial charge on any atom is -0.744 e. The molecular weight excluding hydrogens is 1430 g/mol. The third-order valence-corrected chi connectivity index (χ3v) is 21.6. The van der Waals surface area contributed by atoms with Crippen molar-refractivity contribution in [3.8, 4) is 0 Å². The maximum atomic E-state index is 12.9. The summed E-state index contributed by atoms with van der Waals surface area (Å²) in [5.41, 5.74) is -0.674. The summed E-state index contributed by atoms with van der Waals surface area (Å²) in [4.78, 5) is 50.5. The Morgan fingerprint density at radius 3 is 0.578 bits per heavy atom. The zero-order chi connectivity index (χ0) is 78.8. The maximum Gasteiger partial charge on any atom is 2.00 e. The van der Waals surface area contributed by atoms with Crippen LogP contribution in [0.2, 0.25) is 0 Å². The molecule has 0 radical (unpaired) electrons. The van der Waals surface area contributed by atoms with Crippen LogP contribution in [0.4, 0.5) is 0 Å². The van der Waals surface area contributed by atoms with Gasteiger partial charge in [-0.05, 0) is 139 Å². The number of hydrogen-bond acceptors (Lipinski definition) is 14. The van der Waals surface area contributed by atoms with E-state index in [9.17, 15) is 45.1 Å². The van der Waals surface area contributed by atoms with Gasteiger partial charge in [0.2, 0.25) is 0 Å². The fourth-order valence-corrected chi connectivity index (χ4v) is 14.2. The van der Waals surface area contributed by atoms with Crippen molar-refractivity contribution in [3.63, 3.8) is 0 Å². The van der Waals surface area contributed by atoms with Gasteiger partial charge in [0.1, 0.15) is 20.2 Å². The zero-order valence-electron chi connectivity index (χ0n) is 69.6. The van der Waals surface area contributed by atoms with E-state index < -0.39 is 53.9 Å². The van der Waals surface area contributed by atoms with Crippen LogP contribution in [0, 0.1) is 0 Å². The molecule has 0 atom stereocenters. The smallest absolute Gasteiger partial charge is 0.744 e. The summed E-state index contributed by atoms with van der Waals surface area (Å²) in [5, 5.41) is 0. The molecule has 0 bridgehead atoms. The van der Waals surface area contributed by atoms with Crippen molar-refractivity contribution < 1.29 is 64.1 Å². The summed E-state index contributed by atoms with van der Waals surface area (Å²) >= 11 is 0. The fourth-order valence-electron chi connectivity index (χ4n) is 13.2. The second kappa shape index (κ2) is 77.0. The van der Waals surface area contributed by atoms with E-state index in [1.165, 1.54) is 295 Å². The molecule has 0 amide bonds. The minimum absolute atomic E-state index is 0. The Morgan fingerprint density at radius 2 is 0.404 bits per heavy atom. The predicted molar refractivity (Wildman–Crippen MR) is 452 cm³/mol. The van der Waals surface area contributed by atoms with Gasteiger partial charge in [0.15, 0.2) is 0 Å². The Balaban J connectivity index is 0.00000212. The third-order valence-electron chi connectivity index (χ3n) is 19.9. The minimum atomic E-state index is -4.82. The van der Waals surface area contributed by atoms with E-state index in [2.05, 4.69) is 76.3 Å². The molecule has 2 rings (SSSR count). The van der Waals surface area contributed by atoms with Gasteiger partial charge in [-0.25, -0.2) is 36.0 Å². The van der Waals surface area contributed by atoms with Crippen LogP contribution >= 0.6 is 0 Å². The fraction of sp³-hybridized carbons (Fsp3) is 0.739. The van der Waals surface area contributed by atoms with Crippen molar-refractivity contribution >= 4 is 81.9 Å². The van der Waals surface area contributed by atoms with E-state index in [1.807, 2.05) is 0 Å². The SMILES string of the molecule is CCC/C=C/CCCCCCCCCCCCCCOC(=O)c1ccc(S(=O)(=O)[O-])cc1C(=O)OCCCCCCCCCCCCCC/C=C/CCC.CCC/C=C/CCCCCCCCCCCCCCOC(=O)c1ccc(S(=O)(=O)[O-])cc1C(=O)OCCCCCCCCCCCCCC/C=C/CCC.[Ca+2]. The third kappa shape index (κ3) is 64.3. The molecule has 0 aromatic heterocycles. The van der Waals surface area contributed by atoms with Crippen molar-refractivity contribution in [3.05, 3.63) is 107 Å². The van der Waals surface area contributed by atoms with Crippen LogP contribution in [-0.2, 0) is 39.2 Å². The number of carbonyl (C=O) groups excluding carboxylic acids is 4. The van der Waals surface area contributed by atoms with Crippen molar-refractivity contribution in [2.24, 2.45) is 0 Å². The molecule has 620 valence electrons. The first kappa shape index (κ1) is 105. The van der Waals surface area contributed by atoms with Crippen LogP contribution in [0.5, 0.6) is 0 Å². The molecule has 0 heterocycles. The van der Waals surface area contributed by atoms with Gasteiger partial charge in [0.25, 0.3) is 0 Å².